The lowest BCUT2D eigenvalue weighted by Gasteiger charge is -2.33. The fraction of sp³-hybridized carbons (Fsp3) is 0.350. The maximum Gasteiger partial charge on any atom is 0.320 e. The van der Waals surface area contributed by atoms with Crippen LogP contribution in [0.4, 0.5) is 4.39 Å². The van der Waals surface area contributed by atoms with Gasteiger partial charge in [-0.1, -0.05) is 35.9 Å². The first-order valence-electron chi connectivity index (χ1n) is 8.28. The molecule has 1 fully saturated rings. The molecule has 1 aliphatic heterocycles. The molecule has 24 heavy (non-hydrogen) atoms. The minimum Gasteiger partial charge on any atom is -0.480 e. The van der Waals surface area contributed by atoms with E-state index in [1.54, 1.807) is 6.07 Å². The van der Waals surface area contributed by atoms with Crippen LogP contribution < -0.4 is 0 Å². The van der Waals surface area contributed by atoms with Gasteiger partial charge < -0.3 is 5.11 Å². The highest BCUT2D eigenvalue weighted by Gasteiger charge is 2.37. The summed E-state index contributed by atoms with van der Waals surface area (Å²) < 4.78 is 13.8. The zero-order valence-corrected chi connectivity index (χ0v) is 14.0. The Morgan fingerprint density at radius 1 is 1.25 bits per heavy atom. The maximum absolute atomic E-state index is 13.8. The zero-order chi connectivity index (χ0) is 17.3. The van der Waals surface area contributed by atoms with E-state index in [1.165, 1.54) is 12.1 Å². The quantitative estimate of drug-likeness (QED) is 0.920. The highest BCUT2D eigenvalue weighted by molar-refractivity contribution is 5.74. The molecule has 2 unspecified atom stereocenters. The molecule has 0 aliphatic carbocycles. The third-order valence-electron chi connectivity index (χ3n) is 4.80. The van der Waals surface area contributed by atoms with E-state index in [9.17, 15) is 14.3 Å². The molecular formula is C20H22FNO2. The number of carboxylic acids is 1. The third kappa shape index (κ3) is 3.20. The summed E-state index contributed by atoms with van der Waals surface area (Å²) in [6.45, 7) is 4.76. The van der Waals surface area contributed by atoms with Gasteiger partial charge >= 0.3 is 5.97 Å². The van der Waals surface area contributed by atoms with Crippen molar-refractivity contribution in [3.8, 4) is 0 Å². The largest absolute Gasteiger partial charge is 0.480 e. The number of rotatable bonds is 4. The van der Waals surface area contributed by atoms with Crippen molar-refractivity contribution in [1.29, 1.82) is 0 Å². The van der Waals surface area contributed by atoms with Crippen molar-refractivity contribution in [2.24, 2.45) is 0 Å². The predicted molar refractivity (Wildman–Crippen MR) is 91.5 cm³/mol. The monoisotopic (exact) mass is 327 g/mol. The summed E-state index contributed by atoms with van der Waals surface area (Å²) in [6.07, 6.45) is 1.47. The van der Waals surface area contributed by atoms with Gasteiger partial charge in [-0.15, -0.1) is 0 Å². The van der Waals surface area contributed by atoms with Gasteiger partial charge in [0, 0.05) is 6.54 Å². The Kier molecular flexibility index (Phi) is 4.67. The minimum atomic E-state index is -0.807. The van der Waals surface area contributed by atoms with Crippen LogP contribution in [-0.4, -0.2) is 28.6 Å². The number of halogens is 1. The Morgan fingerprint density at radius 2 is 2.04 bits per heavy atom. The third-order valence-corrected chi connectivity index (χ3v) is 4.80. The number of benzene rings is 2. The summed E-state index contributed by atoms with van der Waals surface area (Å²) in [5.74, 6) is -1.10. The second-order valence-corrected chi connectivity index (χ2v) is 6.55. The van der Waals surface area contributed by atoms with E-state index in [2.05, 4.69) is 6.07 Å². The van der Waals surface area contributed by atoms with Crippen molar-refractivity contribution in [3.05, 3.63) is 70.5 Å². The second kappa shape index (κ2) is 6.73. The highest BCUT2D eigenvalue weighted by Crippen LogP contribution is 2.36. The summed E-state index contributed by atoms with van der Waals surface area (Å²) in [6, 6.07) is 11.9. The Balaban J connectivity index is 2.12. The summed E-state index contributed by atoms with van der Waals surface area (Å²) in [5.41, 5.74) is 4.10. The van der Waals surface area contributed by atoms with Gasteiger partial charge in [-0.2, -0.15) is 0 Å². The van der Waals surface area contributed by atoms with Crippen LogP contribution in [0.3, 0.4) is 0 Å². The molecule has 1 heterocycles. The SMILES string of the molecule is Cc1ccc(C(c2cccc(F)c2)N2CCCC2C(=O)O)c(C)c1. The highest BCUT2D eigenvalue weighted by atomic mass is 19.1. The Morgan fingerprint density at radius 3 is 2.71 bits per heavy atom. The number of hydrogen-bond donors (Lipinski definition) is 1. The van der Waals surface area contributed by atoms with Crippen LogP contribution in [0.25, 0.3) is 0 Å². The molecule has 0 amide bonds. The molecule has 3 rings (SSSR count). The van der Waals surface area contributed by atoms with E-state index in [-0.39, 0.29) is 11.9 Å². The summed E-state index contributed by atoms with van der Waals surface area (Å²) in [5, 5.41) is 9.58. The first-order chi connectivity index (χ1) is 11.5. The molecule has 0 radical (unpaired) electrons. The van der Waals surface area contributed by atoms with Crippen LogP contribution in [-0.2, 0) is 4.79 Å². The lowest BCUT2D eigenvalue weighted by atomic mass is 9.92. The zero-order valence-electron chi connectivity index (χ0n) is 14.0. The van der Waals surface area contributed by atoms with Gasteiger partial charge in [-0.3, -0.25) is 9.69 Å². The van der Waals surface area contributed by atoms with Gasteiger partial charge in [0.2, 0.25) is 0 Å². The number of carboxylic acid groups (broad SMARTS) is 1. The van der Waals surface area contributed by atoms with Gasteiger partial charge in [-0.25, -0.2) is 4.39 Å². The van der Waals surface area contributed by atoms with E-state index < -0.39 is 12.0 Å². The van der Waals surface area contributed by atoms with E-state index in [0.717, 1.165) is 28.7 Å². The lowest BCUT2D eigenvalue weighted by molar-refractivity contribution is -0.142. The van der Waals surface area contributed by atoms with E-state index in [0.29, 0.717) is 13.0 Å². The van der Waals surface area contributed by atoms with Crippen molar-refractivity contribution >= 4 is 5.97 Å². The van der Waals surface area contributed by atoms with E-state index in [4.69, 9.17) is 0 Å². The molecule has 1 saturated heterocycles. The van der Waals surface area contributed by atoms with Crippen molar-refractivity contribution in [2.75, 3.05) is 6.54 Å². The lowest BCUT2D eigenvalue weighted by Crippen LogP contribution is -2.39. The Labute approximate surface area is 141 Å². The molecule has 126 valence electrons. The summed E-state index contributed by atoms with van der Waals surface area (Å²) in [7, 11) is 0. The van der Waals surface area contributed by atoms with E-state index in [1.807, 2.05) is 36.9 Å². The van der Waals surface area contributed by atoms with Crippen molar-refractivity contribution < 1.29 is 14.3 Å². The molecule has 3 nitrogen and oxygen atoms in total. The summed E-state index contributed by atoms with van der Waals surface area (Å²) >= 11 is 0. The van der Waals surface area contributed by atoms with Crippen LogP contribution in [0.1, 0.15) is 41.1 Å². The molecule has 2 atom stereocenters. The molecule has 0 bridgehead atoms. The fourth-order valence-electron chi connectivity index (χ4n) is 3.72. The molecule has 1 N–H and O–H groups in total. The smallest absolute Gasteiger partial charge is 0.320 e. The molecule has 0 aromatic heterocycles. The molecular weight excluding hydrogens is 305 g/mol. The molecule has 1 aliphatic rings. The maximum atomic E-state index is 13.8. The number of carbonyl (C=O) groups is 1. The second-order valence-electron chi connectivity index (χ2n) is 6.55. The minimum absolute atomic E-state index is 0.245. The van der Waals surface area contributed by atoms with Crippen molar-refractivity contribution in [2.45, 2.75) is 38.8 Å². The predicted octanol–water partition coefficient (Wildman–Crippen LogP) is 4.08. The van der Waals surface area contributed by atoms with Crippen LogP contribution in [0.15, 0.2) is 42.5 Å². The molecule has 0 spiro atoms. The van der Waals surface area contributed by atoms with Crippen LogP contribution in [0.2, 0.25) is 0 Å². The number of likely N-dealkylation sites (tertiary alicyclic amines) is 1. The average Bonchev–Trinajstić information content (AvgIpc) is 2.99. The van der Waals surface area contributed by atoms with Gasteiger partial charge in [-0.05, 0) is 55.5 Å². The molecule has 0 saturated carbocycles. The first kappa shape index (κ1) is 16.7. The number of aryl methyl sites for hydroxylation is 2. The fourth-order valence-corrected chi connectivity index (χ4v) is 3.72. The van der Waals surface area contributed by atoms with Gasteiger partial charge in [0.1, 0.15) is 11.9 Å². The summed E-state index contributed by atoms with van der Waals surface area (Å²) in [4.78, 5) is 13.7. The average molecular weight is 327 g/mol. The molecule has 4 heteroatoms. The van der Waals surface area contributed by atoms with Gasteiger partial charge in [0.15, 0.2) is 0 Å². The van der Waals surface area contributed by atoms with Crippen LogP contribution in [0, 0.1) is 19.7 Å². The molecule has 2 aromatic carbocycles. The Hall–Kier alpha value is -2.20. The van der Waals surface area contributed by atoms with Gasteiger partial charge in [0.05, 0.1) is 6.04 Å². The van der Waals surface area contributed by atoms with Crippen molar-refractivity contribution in [3.63, 3.8) is 0 Å². The van der Waals surface area contributed by atoms with E-state index >= 15 is 0 Å². The normalized spacial score (nSPS) is 19.4. The number of aliphatic carboxylic acids is 1. The standard InChI is InChI=1S/C20H22FNO2/c1-13-8-9-17(14(2)11-13)19(15-5-3-6-16(21)12-15)22-10-4-7-18(22)20(23)24/h3,5-6,8-9,11-12,18-19H,4,7,10H2,1-2H3,(H,23,24). The topological polar surface area (TPSA) is 40.5 Å². The molecule has 2 aromatic rings. The first-order valence-corrected chi connectivity index (χ1v) is 8.28. The van der Waals surface area contributed by atoms with Gasteiger partial charge in [0.25, 0.3) is 0 Å². The van der Waals surface area contributed by atoms with Crippen LogP contribution >= 0.6 is 0 Å². The number of nitrogens with zero attached hydrogens (tertiary/aromatic N) is 1. The van der Waals surface area contributed by atoms with Crippen LogP contribution in [0.5, 0.6) is 0 Å². The Bertz CT molecular complexity index is 759. The van der Waals surface area contributed by atoms with Crippen molar-refractivity contribution in [1.82, 2.24) is 4.90 Å². The number of hydrogen-bond acceptors (Lipinski definition) is 2.